The molecule has 0 spiro atoms. The number of benzene rings is 1. The first kappa shape index (κ1) is 16.6. The maximum Gasteiger partial charge on any atom is 0.122 e. The largest absolute Gasteiger partial charge is 0.371 e. The molecule has 2 unspecified atom stereocenters. The Morgan fingerprint density at radius 2 is 2.09 bits per heavy atom. The quantitative estimate of drug-likeness (QED) is 0.849. The number of rotatable bonds is 5. The van der Waals surface area contributed by atoms with Crippen LogP contribution in [0.2, 0.25) is 0 Å². The van der Waals surface area contributed by atoms with Crippen molar-refractivity contribution in [2.24, 2.45) is 5.41 Å². The highest BCUT2D eigenvalue weighted by molar-refractivity contribution is 7.09. The summed E-state index contributed by atoms with van der Waals surface area (Å²) in [5, 5.41) is 6.99. The number of thiazole rings is 1. The zero-order valence-corrected chi connectivity index (χ0v) is 15.0. The van der Waals surface area contributed by atoms with Crippen LogP contribution >= 0.6 is 11.3 Å². The Balaban J connectivity index is 1.67. The normalized spacial score (nSPS) is 19.9. The summed E-state index contributed by atoms with van der Waals surface area (Å²) in [4.78, 5) is 4.77. The summed E-state index contributed by atoms with van der Waals surface area (Å²) in [7, 11) is 0. The number of ether oxygens (including phenoxy) is 1. The molecule has 1 fully saturated rings. The second-order valence-electron chi connectivity index (χ2n) is 7.27. The van der Waals surface area contributed by atoms with Crippen molar-refractivity contribution in [1.82, 2.24) is 10.3 Å². The first-order chi connectivity index (χ1) is 11.0. The SMILES string of the molecule is CC(C)(C)C(NCc1csc(C2CCCO2)n1)c1ccccc1. The molecule has 3 rings (SSSR count). The molecule has 2 atom stereocenters. The minimum Gasteiger partial charge on any atom is -0.371 e. The molecule has 0 radical (unpaired) electrons. The molecule has 0 amide bonds. The molecule has 1 saturated heterocycles. The molecule has 1 aliphatic rings. The molecule has 2 heterocycles. The van der Waals surface area contributed by atoms with Gasteiger partial charge in [-0.3, -0.25) is 0 Å². The summed E-state index contributed by atoms with van der Waals surface area (Å²) in [5.74, 6) is 0. The van der Waals surface area contributed by atoms with E-state index in [0.717, 1.165) is 36.7 Å². The summed E-state index contributed by atoms with van der Waals surface area (Å²) in [5.41, 5.74) is 2.59. The molecule has 4 heteroatoms. The molecule has 1 N–H and O–H groups in total. The summed E-state index contributed by atoms with van der Waals surface area (Å²) < 4.78 is 5.73. The average Bonchev–Trinajstić information content (AvgIpc) is 3.18. The number of nitrogens with zero attached hydrogens (tertiary/aromatic N) is 1. The van der Waals surface area contributed by atoms with Crippen molar-refractivity contribution in [3.05, 3.63) is 52.0 Å². The third kappa shape index (κ3) is 4.19. The van der Waals surface area contributed by atoms with Crippen molar-refractivity contribution in [3.8, 4) is 0 Å². The van der Waals surface area contributed by atoms with E-state index in [1.807, 2.05) is 0 Å². The predicted octanol–water partition coefficient (Wildman–Crippen LogP) is 4.87. The van der Waals surface area contributed by atoms with Crippen LogP contribution in [0.15, 0.2) is 35.7 Å². The van der Waals surface area contributed by atoms with Crippen LogP contribution in [0.5, 0.6) is 0 Å². The summed E-state index contributed by atoms with van der Waals surface area (Å²) in [6.45, 7) is 8.49. The Labute approximate surface area is 143 Å². The van der Waals surface area contributed by atoms with Gasteiger partial charge in [-0.2, -0.15) is 0 Å². The number of nitrogens with one attached hydrogen (secondary N) is 1. The van der Waals surface area contributed by atoms with E-state index < -0.39 is 0 Å². The fraction of sp³-hybridized carbons (Fsp3) is 0.526. The Morgan fingerprint density at radius 1 is 1.30 bits per heavy atom. The third-order valence-electron chi connectivity index (χ3n) is 4.26. The van der Waals surface area contributed by atoms with Gasteiger partial charge in [0.25, 0.3) is 0 Å². The Morgan fingerprint density at radius 3 is 2.74 bits per heavy atom. The highest BCUT2D eigenvalue weighted by Crippen LogP contribution is 2.34. The van der Waals surface area contributed by atoms with Gasteiger partial charge in [-0.05, 0) is 23.8 Å². The van der Waals surface area contributed by atoms with Crippen molar-refractivity contribution in [3.63, 3.8) is 0 Å². The molecule has 0 bridgehead atoms. The van der Waals surface area contributed by atoms with Gasteiger partial charge in [0, 0.05) is 24.6 Å². The number of hydrogen-bond acceptors (Lipinski definition) is 4. The van der Waals surface area contributed by atoms with Gasteiger partial charge in [-0.1, -0.05) is 51.1 Å². The maximum atomic E-state index is 5.73. The van der Waals surface area contributed by atoms with Crippen molar-refractivity contribution in [1.29, 1.82) is 0 Å². The number of hydrogen-bond donors (Lipinski definition) is 1. The highest BCUT2D eigenvalue weighted by Gasteiger charge is 2.26. The van der Waals surface area contributed by atoms with Gasteiger partial charge in [0.1, 0.15) is 11.1 Å². The summed E-state index contributed by atoms with van der Waals surface area (Å²) in [6.07, 6.45) is 2.48. The molecule has 1 aromatic carbocycles. The number of aromatic nitrogens is 1. The topological polar surface area (TPSA) is 34.1 Å². The van der Waals surface area contributed by atoms with E-state index in [9.17, 15) is 0 Å². The van der Waals surface area contributed by atoms with E-state index in [0.29, 0.717) is 6.04 Å². The molecule has 124 valence electrons. The van der Waals surface area contributed by atoms with E-state index in [-0.39, 0.29) is 11.5 Å². The lowest BCUT2D eigenvalue weighted by Crippen LogP contribution is -2.32. The van der Waals surface area contributed by atoms with Gasteiger partial charge in [-0.15, -0.1) is 11.3 Å². The third-order valence-corrected chi connectivity index (χ3v) is 5.25. The standard InChI is InChI=1S/C19H26N2OS/c1-19(2,3)17(14-8-5-4-6-9-14)20-12-15-13-23-18(21-15)16-10-7-11-22-16/h4-6,8-9,13,16-17,20H,7,10-12H2,1-3H3. The second kappa shape index (κ2) is 7.12. The highest BCUT2D eigenvalue weighted by atomic mass is 32.1. The van der Waals surface area contributed by atoms with Crippen LogP contribution in [0.4, 0.5) is 0 Å². The van der Waals surface area contributed by atoms with Crippen molar-refractivity contribution in [2.45, 2.75) is 52.3 Å². The molecule has 0 aliphatic carbocycles. The van der Waals surface area contributed by atoms with E-state index in [1.54, 1.807) is 11.3 Å². The molecule has 1 aromatic heterocycles. The first-order valence-corrected chi connectivity index (χ1v) is 9.26. The van der Waals surface area contributed by atoms with E-state index >= 15 is 0 Å². The molecule has 2 aromatic rings. The zero-order chi connectivity index (χ0) is 16.3. The smallest absolute Gasteiger partial charge is 0.122 e. The fourth-order valence-corrected chi connectivity index (χ4v) is 4.00. The van der Waals surface area contributed by atoms with Crippen LogP contribution in [0, 0.1) is 5.41 Å². The lowest BCUT2D eigenvalue weighted by molar-refractivity contribution is 0.111. The Bertz CT molecular complexity index is 612. The van der Waals surface area contributed by atoms with Gasteiger partial charge >= 0.3 is 0 Å². The van der Waals surface area contributed by atoms with Gasteiger partial charge in [0.15, 0.2) is 0 Å². The molecule has 0 saturated carbocycles. The van der Waals surface area contributed by atoms with E-state index in [2.05, 4.69) is 61.8 Å². The molecule has 1 aliphatic heterocycles. The minimum atomic E-state index is 0.148. The monoisotopic (exact) mass is 330 g/mol. The van der Waals surface area contributed by atoms with Gasteiger partial charge in [0.2, 0.25) is 0 Å². The summed E-state index contributed by atoms with van der Waals surface area (Å²) in [6, 6.07) is 11.0. The zero-order valence-electron chi connectivity index (χ0n) is 14.2. The Hall–Kier alpha value is -1.23. The van der Waals surface area contributed by atoms with Crippen LogP contribution in [-0.2, 0) is 11.3 Å². The van der Waals surface area contributed by atoms with Crippen LogP contribution in [-0.4, -0.2) is 11.6 Å². The van der Waals surface area contributed by atoms with Crippen LogP contribution in [0.3, 0.4) is 0 Å². The molecule has 3 nitrogen and oxygen atoms in total. The van der Waals surface area contributed by atoms with Crippen LogP contribution in [0.25, 0.3) is 0 Å². The van der Waals surface area contributed by atoms with Crippen LogP contribution < -0.4 is 5.32 Å². The second-order valence-corrected chi connectivity index (χ2v) is 8.16. The van der Waals surface area contributed by atoms with E-state index in [1.165, 1.54) is 5.56 Å². The van der Waals surface area contributed by atoms with Crippen molar-refractivity contribution < 1.29 is 4.74 Å². The minimum absolute atomic E-state index is 0.148. The first-order valence-electron chi connectivity index (χ1n) is 8.38. The molecular weight excluding hydrogens is 304 g/mol. The predicted molar refractivity (Wildman–Crippen MR) is 95.5 cm³/mol. The van der Waals surface area contributed by atoms with Crippen molar-refractivity contribution in [2.75, 3.05) is 6.61 Å². The van der Waals surface area contributed by atoms with Crippen LogP contribution in [0.1, 0.15) is 62.0 Å². The lowest BCUT2D eigenvalue weighted by atomic mass is 9.82. The van der Waals surface area contributed by atoms with Gasteiger partial charge < -0.3 is 10.1 Å². The lowest BCUT2D eigenvalue weighted by Gasteiger charge is -2.32. The van der Waals surface area contributed by atoms with Gasteiger partial charge in [0.05, 0.1) is 5.69 Å². The molecular formula is C19H26N2OS. The fourth-order valence-electron chi connectivity index (χ4n) is 3.10. The maximum absolute atomic E-state index is 5.73. The Kier molecular flexibility index (Phi) is 5.14. The average molecular weight is 330 g/mol. The molecule has 23 heavy (non-hydrogen) atoms. The van der Waals surface area contributed by atoms with Gasteiger partial charge in [-0.25, -0.2) is 4.98 Å². The van der Waals surface area contributed by atoms with Crippen molar-refractivity contribution >= 4 is 11.3 Å². The summed E-state index contributed by atoms with van der Waals surface area (Å²) >= 11 is 1.73. The van der Waals surface area contributed by atoms with E-state index in [4.69, 9.17) is 9.72 Å².